The molecule has 6 rings (SSSR count). The molecule has 4 aromatic rings. The van der Waals surface area contributed by atoms with Crippen LogP contribution in [0.5, 0.6) is 0 Å². The molecule has 0 saturated heterocycles. The van der Waals surface area contributed by atoms with Gasteiger partial charge in [-0.3, -0.25) is 4.79 Å². The van der Waals surface area contributed by atoms with Crippen LogP contribution in [0.1, 0.15) is 35.1 Å². The van der Waals surface area contributed by atoms with E-state index in [9.17, 15) is 18.0 Å². The Morgan fingerprint density at radius 2 is 1.73 bits per heavy atom. The molecule has 1 saturated carbocycles. The van der Waals surface area contributed by atoms with Crippen molar-refractivity contribution in [1.82, 2.24) is 15.6 Å². The molecular formula is C27H22F3N3O4. The lowest BCUT2D eigenvalue weighted by Gasteiger charge is -2.33. The highest BCUT2D eigenvalue weighted by atomic mass is 19.4. The van der Waals surface area contributed by atoms with Crippen molar-refractivity contribution in [1.29, 1.82) is 0 Å². The normalized spacial score (nSPS) is 18.7. The molecule has 2 N–H and O–H groups in total. The summed E-state index contributed by atoms with van der Waals surface area (Å²) in [6, 6.07) is 14.2. The van der Waals surface area contributed by atoms with Gasteiger partial charge in [0, 0.05) is 29.3 Å². The van der Waals surface area contributed by atoms with Crippen molar-refractivity contribution in [2.24, 2.45) is 5.92 Å². The summed E-state index contributed by atoms with van der Waals surface area (Å²) in [4.78, 5) is 11.0. The van der Waals surface area contributed by atoms with Crippen LogP contribution in [-0.4, -0.2) is 27.4 Å². The second kappa shape index (κ2) is 8.88. The number of carbonyl (C=O) groups is 1. The third kappa shape index (κ3) is 4.21. The van der Waals surface area contributed by atoms with Gasteiger partial charge >= 0.3 is 12.1 Å². The lowest BCUT2D eigenvalue weighted by Crippen LogP contribution is -2.43. The Hall–Kier alpha value is -3.92. The van der Waals surface area contributed by atoms with Crippen molar-refractivity contribution in [3.05, 3.63) is 70.8 Å². The first-order valence-electron chi connectivity index (χ1n) is 12.0. The predicted octanol–water partition coefficient (Wildman–Crippen LogP) is 5.73. The van der Waals surface area contributed by atoms with E-state index in [-0.39, 0.29) is 23.4 Å². The summed E-state index contributed by atoms with van der Waals surface area (Å²) < 4.78 is 53.2. The van der Waals surface area contributed by atoms with Crippen molar-refractivity contribution in [2.75, 3.05) is 0 Å². The molecule has 0 amide bonds. The minimum atomic E-state index is -4.71. The standard InChI is InChI=1S/C27H22F3N3O4/c28-27(29,30)21-22(15-4-2-1-3-5-15)32-37-25(21)24-20-9-7-16-10-14(6-8-19(16)23(20)33-36-24)13-31-18-11-17(12-18)26(34)35/h1-6,8,10,17-18,31H,7,9,11-13H2,(H,34,35)/t17-,18-. The molecule has 2 aromatic carbocycles. The summed E-state index contributed by atoms with van der Waals surface area (Å²) in [6.45, 7) is 0.608. The highest BCUT2D eigenvalue weighted by Gasteiger charge is 2.43. The lowest BCUT2D eigenvalue weighted by molar-refractivity contribution is -0.145. The fourth-order valence-corrected chi connectivity index (χ4v) is 5.14. The Morgan fingerprint density at radius 1 is 1.00 bits per heavy atom. The number of rotatable bonds is 6. The molecule has 37 heavy (non-hydrogen) atoms. The van der Waals surface area contributed by atoms with Gasteiger partial charge in [0.05, 0.1) is 5.92 Å². The Kier molecular flexibility index (Phi) is 5.63. The highest BCUT2D eigenvalue weighted by Crippen LogP contribution is 2.46. The van der Waals surface area contributed by atoms with Gasteiger partial charge in [0.25, 0.3) is 0 Å². The molecule has 7 nitrogen and oxygen atoms in total. The van der Waals surface area contributed by atoms with Gasteiger partial charge in [-0.15, -0.1) is 0 Å². The molecule has 0 radical (unpaired) electrons. The minimum absolute atomic E-state index is 0.0497. The lowest BCUT2D eigenvalue weighted by atomic mass is 9.80. The molecule has 2 aromatic heterocycles. The van der Waals surface area contributed by atoms with Crippen LogP contribution in [-0.2, 0) is 30.4 Å². The predicted molar refractivity (Wildman–Crippen MR) is 126 cm³/mol. The monoisotopic (exact) mass is 509 g/mol. The van der Waals surface area contributed by atoms with E-state index < -0.39 is 23.5 Å². The van der Waals surface area contributed by atoms with E-state index in [1.54, 1.807) is 30.3 Å². The van der Waals surface area contributed by atoms with E-state index >= 15 is 0 Å². The molecule has 2 aliphatic carbocycles. The van der Waals surface area contributed by atoms with Crippen molar-refractivity contribution in [3.63, 3.8) is 0 Å². The average molecular weight is 509 g/mol. The smallest absolute Gasteiger partial charge is 0.422 e. The van der Waals surface area contributed by atoms with E-state index in [1.807, 2.05) is 12.1 Å². The second-order valence-electron chi connectivity index (χ2n) is 9.51. The molecule has 0 aliphatic heterocycles. The number of aromatic nitrogens is 2. The maximum Gasteiger partial charge on any atom is 0.422 e. The molecule has 0 spiro atoms. The molecule has 10 heteroatoms. The largest absolute Gasteiger partial charge is 0.481 e. The first-order chi connectivity index (χ1) is 17.8. The SMILES string of the molecule is O=C(O)[C@H]1C[C@H](NCc2ccc3c(c2)CCc2c-3noc2-c2onc(-c3ccccc3)c2C(F)(F)F)C1. The first kappa shape index (κ1) is 23.5. The van der Waals surface area contributed by atoms with Crippen LogP contribution in [0.25, 0.3) is 34.0 Å². The zero-order valence-corrected chi connectivity index (χ0v) is 19.5. The number of fused-ring (bicyclic) bond motifs is 3. The van der Waals surface area contributed by atoms with Crippen LogP contribution in [0.15, 0.2) is 57.6 Å². The number of carboxylic acid groups (broad SMARTS) is 1. The van der Waals surface area contributed by atoms with Crippen molar-refractivity contribution < 1.29 is 32.1 Å². The molecule has 190 valence electrons. The van der Waals surface area contributed by atoms with Crippen LogP contribution in [0.2, 0.25) is 0 Å². The molecule has 2 heterocycles. The number of alkyl halides is 3. The Labute approximate surface area is 209 Å². The molecule has 2 aliphatic rings. The van der Waals surface area contributed by atoms with E-state index in [0.29, 0.717) is 49.0 Å². The van der Waals surface area contributed by atoms with E-state index in [1.165, 1.54) is 0 Å². The topological polar surface area (TPSA) is 101 Å². The van der Waals surface area contributed by atoms with Crippen molar-refractivity contribution in [2.45, 2.75) is 44.4 Å². The molecular weight excluding hydrogens is 487 g/mol. The van der Waals surface area contributed by atoms with Gasteiger partial charge in [-0.05, 0) is 36.8 Å². The van der Waals surface area contributed by atoms with E-state index in [4.69, 9.17) is 14.2 Å². The molecule has 1 fully saturated rings. The Balaban J connectivity index is 1.28. The van der Waals surface area contributed by atoms with Crippen LogP contribution in [0, 0.1) is 5.92 Å². The van der Waals surface area contributed by atoms with Gasteiger partial charge in [-0.25, -0.2) is 0 Å². The van der Waals surface area contributed by atoms with Crippen LogP contribution < -0.4 is 5.32 Å². The quantitative estimate of drug-likeness (QED) is 0.342. The Bertz CT molecular complexity index is 1470. The molecule has 0 bridgehead atoms. The van der Waals surface area contributed by atoms with Crippen LogP contribution >= 0.6 is 0 Å². The highest BCUT2D eigenvalue weighted by molar-refractivity contribution is 5.79. The first-order valence-corrected chi connectivity index (χ1v) is 12.0. The van der Waals surface area contributed by atoms with Gasteiger partial charge in [-0.1, -0.05) is 58.8 Å². The maximum absolute atomic E-state index is 14.2. The van der Waals surface area contributed by atoms with E-state index in [2.05, 4.69) is 21.7 Å². The third-order valence-electron chi connectivity index (χ3n) is 7.17. The van der Waals surface area contributed by atoms with Gasteiger partial charge in [0.1, 0.15) is 17.0 Å². The van der Waals surface area contributed by atoms with Crippen molar-refractivity contribution in [3.8, 4) is 34.0 Å². The summed E-state index contributed by atoms with van der Waals surface area (Å²) in [5, 5.41) is 20.3. The summed E-state index contributed by atoms with van der Waals surface area (Å²) in [5.74, 6) is -1.54. The summed E-state index contributed by atoms with van der Waals surface area (Å²) in [5.41, 5.74) is 2.98. The van der Waals surface area contributed by atoms with Gasteiger partial charge in [0.2, 0.25) is 11.5 Å². The number of benzene rings is 2. The Morgan fingerprint density at radius 3 is 2.46 bits per heavy atom. The average Bonchev–Trinajstić information content (AvgIpc) is 3.47. The number of nitrogens with one attached hydrogen (secondary N) is 1. The fraction of sp³-hybridized carbons (Fsp3) is 0.296. The number of hydrogen-bond donors (Lipinski definition) is 2. The summed E-state index contributed by atoms with van der Waals surface area (Å²) in [7, 11) is 0. The second-order valence-corrected chi connectivity index (χ2v) is 9.51. The molecule has 0 unspecified atom stereocenters. The van der Waals surface area contributed by atoms with Gasteiger partial charge < -0.3 is 19.5 Å². The number of hydrogen-bond acceptors (Lipinski definition) is 6. The minimum Gasteiger partial charge on any atom is -0.481 e. The number of aliphatic carboxylic acids is 1. The molecule has 0 atom stereocenters. The zero-order chi connectivity index (χ0) is 25.7. The van der Waals surface area contributed by atoms with Crippen LogP contribution in [0.4, 0.5) is 13.2 Å². The summed E-state index contributed by atoms with van der Waals surface area (Å²) in [6.07, 6.45) is -2.41. The maximum atomic E-state index is 14.2. The summed E-state index contributed by atoms with van der Waals surface area (Å²) >= 11 is 0. The fourth-order valence-electron chi connectivity index (χ4n) is 5.14. The van der Waals surface area contributed by atoms with Crippen molar-refractivity contribution >= 4 is 5.97 Å². The number of nitrogens with zero attached hydrogens (tertiary/aromatic N) is 2. The van der Waals surface area contributed by atoms with Crippen LogP contribution in [0.3, 0.4) is 0 Å². The number of aryl methyl sites for hydroxylation is 1. The number of halogens is 3. The van der Waals surface area contributed by atoms with Gasteiger partial charge in [-0.2, -0.15) is 13.2 Å². The van der Waals surface area contributed by atoms with E-state index in [0.717, 1.165) is 16.7 Å². The van der Waals surface area contributed by atoms with Gasteiger partial charge in [0.15, 0.2) is 0 Å². The third-order valence-corrected chi connectivity index (χ3v) is 7.17. The number of carboxylic acids is 1. The zero-order valence-electron chi connectivity index (χ0n) is 19.5.